The lowest BCUT2D eigenvalue weighted by atomic mass is 9.81. The summed E-state index contributed by atoms with van der Waals surface area (Å²) in [5.74, 6) is -0.952. The second kappa shape index (κ2) is 16.0. The van der Waals surface area contributed by atoms with E-state index in [1.54, 1.807) is 12.1 Å². The number of likely N-dealkylation sites (N-methyl/N-ethyl adjacent to an activating group) is 1. The molecule has 0 radical (unpaired) electrons. The smallest absolute Gasteiger partial charge is 0.303 e. The van der Waals surface area contributed by atoms with Crippen molar-refractivity contribution < 1.29 is 46.9 Å². The van der Waals surface area contributed by atoms with E-state index in [1.807, 2.05) is 45.0 Å². The highest BCUT2D eigenvalue weighted by molar-refractivity contribution is 7.94. The number of unbranched alkanes of at least 4 members (excludes halogenated alkanes) is 2. The average molecular weight is 717 g/mol. The van der Waals surface area contributed by atoms with Crippen molar-refractivity contribution in [2.75, 3.05) is 24.5 Å². The van der Waals surface area contributed by atoms with Gasteiger partial charge in [-0.1, -0.05) is 25.0 Å². The molecule has 4 rings (SSSR count). The number of nitrogens with one attached hydrogen (secondary N) is 1. The number of hydrogen-bond acceptors (Lipinski definition) is 9. The van der Waals surface area contributed by atoms with Crippen LogP contribution in [0.15, 0.2) is 70.1 Å². The minimum atomic E-state index is -4.35. The van der Waals surface area contributed by atoms with Crippen LogP contribution in [0.3, 0.4) is 0 Å². The molecule has 0 unspecified atom stereocenters. The number of carboxylic acids is 1. The second-order valence-corrected chi connectivity index (χ2v) is 15.4. The van der Waals surface area contributed by atoms with Crippen LogP contribution in [0.4, 0.5) is 11.4 Å². The lowest BCUT2D eigenvalue weighted by Gasteiger charge is -2.25. The molecule has 2 heterocycles. The lowest BCUT2D eigenvalue weighted by molar-refractivity contribution is -0.438. The molecule has 2 aliphatic rings. The van der Waals surface area contributed by atoms with Crippen molar-refractivity contribution in [1.82, 2.24) is 5.32 Å². The van der Waals surface area contributed by atoms with E-state index >= 15 is 0 Å². The molecule has 0 saturated heterocycles. The number of aliphatic carboxylic acids is 1. The molecule has 1 amide bonds. The van der Waals surface area contributed by atoms with Crippen LogP contribution in [0.2, 0.25) is 0 Å². The molecule has 4 N–H and O–H groups in total. The van der Waals surface area contributed by atoms with Crippen molar-refractivity contribution in [3.8, 4) is 0 Å². The van der Waals surface area contributed by atoms with Gasteiger partial charge in [0.2, 0.25) is 11.6 Å². The number of carboxylic acid groups (broad SMARTS) is 1. The molecule has 266 valence electrons. The quantitative estimate of drug-likeness (QED) is 0.0351. The second-order valence-electron chi connectivity index (χ2n) is 13.2. The molecule has 14 heteroatoms. The summed E-state index contributed by atoms with van der Waals surface area (Å²) in [5, 5.41) is 24.0. The Balaban J connectivity index is 1.58. The maximum Gasteiger partial charge on any atom is 0.303 e. The van der Waals surface area contributed by atoms with Crippen LogP contribution in [0.5, 0.6) is 0 Å². The number of amides is 1. The van der Waals surface area contributed by atoms with Gasteiger partial charge in [-0.25, -0.2) is 5.26 Å². The Morgan fingerprint density at radius 3 is 2.43 bits per heavy atom. The van der Waals surface area contributed by atoms with Crippen LogP contribution in [-0.4, -0.2) is 65.1 Å². The van der Waals surface area contributed by atoms with Crippen molar-refractivity contribution in [2.24, 2.45) is 0 Å². The Bertz CT molecular complexity index is 1770. The average Bonchev–Trinajstić information content (AvgIpc) is 3.39. The third-order valence-electron chi connectivity index (χ3n) is 9.18. The molecule has 0 bridgehead atoms. The van der Waals surface area contributed by atoms with E-state index in [1.165, 1.54) is 6.07 Å². The zero-order valence-corrected chi connectivity index (χ0v) is 30.2. The topological polar surface area (TPSA) is 166 Å². The van der Waals surface area contributed by atoms with Gasteiger partial charge in [-0.15, -0.1) is 4.33 Å². The van der Waals surface area contributed by atoms with Gasteiger partial charge in [0.1, 0.15) is 6.54 Å². The molecule has 0 aliphatic carbocycles. The summed E-state index contributed by atoms with van der Waals surface area (Å²) < 4.78 is 40.5. The number of hydrogen-bond donors (Lipinski definition) is 4. The Hall–Kier alpha value is -3.53. The highest BCUT2D eigenvalue weighted by atomic mass is 32.2. The van der Waals surface area contributed by atoms with Crippen molar-refractivity contribution in [3.05, 3.63) is 71.5 Å². The van der Waals surface area contributed by atoms with Gasteiger partial charge >= 0.3 is 5.97 Å². The highest BCUT2D eigenvalue weighted by Crippen LogP contribution is 2.48. The summed E-state index contributed by atoms with van der Waals surface area (Å²) >= 11 is 0.905. The van der Waals surface area contributed by atoms with Crippen LogP contribution >= 0.6 is 12.0 Å². The Kier molecular flexibility index (Phi) is 12.5. The summed E-state index contributed by atoms with van der Waals surface area (Å²) in [6.07, 6.45) is 9.38. The number of carbonyl (C=O) groups excluding carboxylic acids is 1. The standard InChI is InChI=1S/C35H45N3O9S2/c1-6-37-28-19-17-25(49(43,44)45)23-27(28)35(4,5)30(37)12-10-13-31-34(2,3)26-22-24(48-47-46-42)16-18-29(26)38(31)21-9-7-8-14-32(39)36-20-11-15-33(40)41/h10,12-13,16-19,22-23H,6-9,11,14-15,20-21H2,1-5H3,(H3-,36,39,40,41,42,43,44,45)/p+1. The third-order valence-corrected chi connectivity index (χ3v) is 10.6. The van der Waals surface area contributed by atoms with Crippen molar-refractivity contribution in [2.45, 2.75) is 93.8 Å². The van der Waals surface area contributed by atoms with Crippen molar-refractivity contribution >= 4 is 51.1 Å². The van der Waals surface area contributed by atoms with Gasteiger partial charge in [-0.2, -0.15) is 13.0 Å². The fourth-order valence-electron chi connectivity index (χ4n) is 6.68. The largest absolute Gasteiger partial charge is 0.481 e. The van der Waals surface area contributed by atoms with Crippen molar-refractivity contribution in [1.29, 1.82) is 0 Å². The highest BCUT2D eigenvalue weighted by Gasteiger charge is 2.45. The first-order valence-electron chi connectivity index (χ1n) is 16.3. The van der Waals surface area contributed by atoms with Gasteiger partial charge in [0.25, 0.3) is 10.1 Å². The normalized spacial score (nSPS) is 17.2. The van der Waals surface area contributed by atoms with E-state index < -0.39 is 26.9 Å². The van der Waals surface area contributed by atoms with E-state index in [4.69, 9.17) is 10.4 Å². The Labute approximate surface area is 292 Å². The van der Waals surface area contributed by atoms with E-state index in [9.17, 15) is 22.6 Å². The number of benzene rings is 2. The Morgan fingerprint density at radius 2 is 1.76 bits per heavy atom. The van der Waals surface area contributed by atoms with Crippen LogP contribution in [-0.2, 0) is 39.9 Å². The first-order valence-corrected chi connectivity index (χ1v) is 18.5. The molecule has 0 saturated carbocycles. The summed E-state index contributed by atoms with van der Waals surface area (Å²) in [6, 6.07) is 10.7. The molecule has 49 heavy (non-hydrogen) atoms. The van der Waals surface area contributed by atoms with Gasteiger partial charge in [0.15, 0.2) is 5.71 Å². The molecule has 12 nitrogen and oxygen atoms in total. The van der Waals surface area contributed by atoms with Gasteiger partial charge in [0.05, 0.1) is 22.4 Å². The summed E-state index contributed by atoms with van der Waals surface area (Å²) in [4.78, 5) is 25.7. The number of fused-ring (bicyclic) bond motifs is 2. The molecule has 2 aromatic carbocycles. The van der Waals surface area contributed by atoms with Crippen LogP contribution in [0.1, 0.15) is 84.3 Å². The summed E-state index contributed by atoms with van der Waals surface area (Å²) in [5.41, 5.74) is 4.98. The minimum Gasteiger partial charge on any atom is -0.481 e. The molecule has 0 fully saturated rings. The lowest BCUT2D eigenvalue weighted by Crippen LogP contribution is -2.28. The molecular formula is C35H46N3O9S2+. The predicted octanol–water partition coefficient (Wildman–Crippen LogP) is 6.54. The number of carbonyl (C=O) groups is 2. The third kappa shape index (κ3) is 8.80. The van der Waals surface area contributed by atoms with E-state index in [2.05, 4.69) is 50.2 Å². The number of anilines is 1. The zero-order valence-electron chi connectivity index (χ0n) is 28.6. The maximum absolute atomic E-state index is 12.2. The van der Waals surface area contributed by atoms with Gasteiger partial charge in [-0.05, 0) is 82.0 Å². The number of allylic oxidation sites excluding steroid dienone is 4. The fourth-order valence-corrected chi connectivity index (χ4v) is 7.58. The molecule has 0 atom stereocenters. The first kappa shape index (κ1) is 38.3. The number of rotatable bonds is 17. The van der Waals surface area contributed by atoms with Crippen LogP contribution in [0, 0.1) is 0 Å². The number of nitrogens with zero attached hydrogens (tertiary/aromatic N) is 2. The molecule has 0 aromatic heterocycles. The van der Waals surface area contributed by atoms with Crippen LogP contribution < -0.4 is 10.2 Å². The van der Waals surface area contributed by atoms with Crippen molar-refractivity contribution in [3.63, 3.8) is 0 Å². The monoisotopic (exact) mass is 716 g/mol. The molecular weight excluding hydrogens is 671 g/mol. The van der Waals surface area contributed by atoms with Gasteiger partial charge < -0.3 is 15.3 Å². The first-order chi connectivity index (χ1) is 23.1. The Morgan fingerprint density at radius 1 is 1.00 bits per heavy atom. The zero-order chi connectivity index (χ0) is 36.0. The summed E-state index contributed by atoms with van der Waals surface area (Å²) in [6.45, 7) is 12.1. The van der Waals surface area contributed by atoms with E-state index in [0.29, 0.717) is 38.9 Å². The van der Waals surface area contributed by atoms with E-state index in [0.717, 1.165) is 63.7 Å². The minimum absolute atomic E-state index is 0.0287. The molecule has 2 aliphatic heterocycles. The molecule has 2 aromatic rings. The van der Waals surface area contributed by atoms with Gasteiger partial charge in [-0.3, -0.25) is 14.1 Å². The SMILES string of the molecule is CCN1/C(=C\C=C\C2=[N+](CCCCCC(=O)NCCCC(=O)O)c3ccc(SOOO)cc3C2(C)C)C(C)(C)c2cc(S(=O)(=O)O)ccc21. The van der Waals surface area contributed by atoms with Crippen LogP contribution in [0.25, 0.3) is 0 Å². The molecule has 0 spiro atoms. The fraction of sp³-hybridized carbons (Fsp3) is 0.457. The van der Waals surface area contributed by atoms with E-state index in [-0.39, 0.29) is 17.2 Å². The predicted molar refractivity (Wildman–Crippen MR) is 188 cm³/mol. The summed E-state index contributed by atoms with van der Waals surface area (Å²) in [7, 11) is -4.35. The van der Waals surface area contributed by atoms with Gasteiger partial charge in [0, 0.05) is 71.8 Å². The maximum atomic E-state index is 12.2.